The van der Waals surface area contributed by atoms with E-state index in [0.29, 0.717) is 0 Å². The highest BCUT2D eigenvalue weighted by Crippen LogP contribution is 2.36. The van der Waals surface area contributed by atoms with Crippen molar-refractivity contribution in [3.63, 3.8) is 0 Å². The highest BCUT2D eigenvalue weighted by molar-refractivity contribution is 8.13. The summed E-state index contributed by atoms with van der Waals surface area (Å²) in [6, 6.07) is 0. The van der Waals surface area contributed by atoms with Crippen molar-refractivity contribution in [2.24, 2.45) is 0 Å². The first kappa shape index (κ1) is 21.2. The first-order valence-electron chi connectivity index (χ1n) is 3.98. The highest BCUT2D eigenvalue weighted by Gasteiger charge is 2.46. The standard InChI is InChI=1S/C3H7NO.C2F6NO4S2/c1-4(2)3-5;3-1(4,5)14(10,11)9-15(12,13)2(6,7)8/h3H,1-2H3;/q;-1/p+1. The van der Waals surface area contributed by atoms with E-state index < -0.39 is 31.1 Å². The molecule has 15 heteroatoms. The molecule has 7 nitrogen and oxygen atoms in total. The smallest absolute Gasteiger partial charge is 0.466 e. The minimum atomic E-state index is -6.72. The molecule has 122 valence electrons. The van der Waals surface area contributed by atoms with Gasteiger partial charge in [0.1, 0.15) is 14.1 Å². The molecule has 0 aromatic heterocycles. The molecule has 0 saturated heterocycles. The molecule has 0 amide bonds. The van der Waals surface area contributed by atoms with Gasteiger partial charge in [-0.05, 0) is 0 Å². The number of alkyl halides is 6. The number of aliphatic hydroxyl groups is 1. The van der Waals surface area contributed by atoms with Crippen molar-refractivity contribution < 1.29 is 52.9 Å². The summed E-state index contributed by atoms with van der Waals surface area (Å²) in [5.41, 5.74) is -12.4. The van der Waals surface area contributed by atoms with Crippen molar-refractivity contribution in [1.82, 2.24) is 0 Å². The number of sulfonamides is 2. The number of halogens is 6. The van der Waals surface area contributed by atoms with Crippen LogP contribution in [0, 0.1) is 0 Å². The van der Waals surface area contributed by atoms with Crippen molar-refractivity contribution >= 4 is 26.4 Å². The molecule has 0 spiro atoms. The van der Waals surface area contributed by atoms with E-state index in [2.05, 4.69) is 0 Å². The van der Waals surface area contributed by atoms with E-state index in [4.69, 9.17) is 5.11 Å². The van der Waals surface area contributed by atoms with Gasteiger partial charge < -0.3 is 9.23 Å². The van der Waals surface area contributed by atoms with Gasteiger partial charge in [-0.2, -0.15) is 26.3 Å². The van der Waals surface area contributed by atoms with E-state index >= 15 is 0 Å². The zero-order chi connectivity index (χ0) is 17.0. The fourth-order valence-electron chi connectivity index (χ4n) is 0.214. The van der Waals surface area contributed by atoms with Crippen LogP contribution in [0.4, 0.5) is 26.3 Å². The normalized spacial score (nSPS) is 13.2. The summed E-state index contributed by atoms with van der Waals surface area (Å²) in [6.07, 6.45) is 1.00. The van der Waals surface area contributed by atoms with Crippen LogP contribution in [0.3, 0.4) is 0 Å². The summed E-state index contributed by atoms with van der Waals surface area (Å²) >= 11 is 0. The number of rotatable bonds is 2. The Morgan fingerprint density at radius 3 is 1.20 bits per heavy atom. The van der Waals surface area contributed by atoms with Crippen LogP contribution in [-0.2, 0) is 20.0 Å². The van der Waals surface area contributed by atoms with Crippen LogP contribution >= 0.6 is 0 Å². The highest BCUT2D eigenvalue weighted by atomic mass is 32.3. The molecule has 0 aliphatic heterocycles. The topological polar surface area (TPSA) is 106 Å². The minimum absolute atomic E-state index is 0.778. The molecular weight excluding hydrogens is 346 g/mol. The van der Waals surface area contributed by atoms with Gasteiger partial charge in [-0.3, -0.25) is 0 Å². The predicted molar refractivity (Wildman–Crippen MR) is 54.1 cm³/mol. The number of hydrogen-bond acceptors (Lipinski definition) is 4. The fraction of sp³-hybridized carbons (Fsp3) is 0.800. The van der Waals surface area contributed by atoms with Crippen LogP contribution in [0.25, 0.3) is 4.13 Å². The fourth-order valence-corrected chi connectivity index (χ4v) is 1.92. The van der Waals surface area contributed by atoms with Gasteiger partial charge in [-0.1, -0.05) is 0 Å². The Bertz CT molecular complexity index is 499. The van der Waals surface area contributed by atoms with E-state index in [1.165, 1.54) is 0 Å². The molecule has 0 aromatic rings. The van der Waals surface area contributed by atoms with Crippen LogP contribution in [-0.4, -0.2) is 58.0 Å². The third-order valence-electron chi connectivity index (χ3n) is 1.01. The summed E-state index contributed by atoms with van der Waals surface area (Å²) in [5.74, 6) is 0. The quantitative estimate of drug-likeness (QED) is 0.343. The van der Waals surface area contributed by atoms with Gasteiger partial charge >= 0.3 is 17.4 Å². The van der Waals surface area contributed by atoms with Gasteiger partial charge in [-0.15, -0.1) is 0 Å². The molecule has 20 heavy (non-hydrogen) atoms. The first-order chi connectivity index (χ1) is 8.48. The van der Waals surface area contributed by atoms with Crippen LogP contribution in [0.5, 0.6) is 0 Å². The van der Waals surface area contributed by atoms with E-state index in [1.54, 1.807) is 18.7 Å². The zero-order valence-electron chi connectivity index (χ0n) is 9.64. The van der Waals surface area contributed by atoms with Gasteiger partial charge in [-0.25, -0.2) is 21.4 Å². The van der Waals surface area contributed by atoms with E-state index in [1.807, 2.05) is 0 Å². The second-order valence-electron chi connectivity index (χ2n) is 3.00. The van der Waals surface area contributed by atoms with Crippen LogP contribution in [0.15, 0.2) is 0 Å². The third-order valence-corrected chi connectivity index (χ3v) is 3.75. The van der Waals surface area contributed by atoms with E-state index in [9.17, 15) is 43.2 Å². The van der Waals surface area contributed by atoms with Gasteiger partial charge in [0, 0.05) is 0 Å². The molecule has 0 rings (SSSR count). The number of aliphatic hydroxyl groups excluding tert-OH is 1. The van der Waals surface area contributed by atoms with E-state index in [0.717, 1.165) is 10.5 Å². The Hall–Kier alpha value is -1.09. The Kier molecular flexibility index (Phi) is 6.97. The molecule has 0 aromatic carbocycles. The summed E-state index contributed by atoms with van der Waals surface area (Å²) in [7, 11) is -9.94. The van der Waals surface area contributed by atoms with Crippen molar-refractivity contribution in [1.29, 1.82) is 0 Å². The molecule has 0 radical (unpaired) electrons. The SMILES string of the molecule is C[N+](C)=CO.O=S(=O)([N-]S(=O)(=O)C(F)(F)F)C(F)(F)F. The Morgan fingerprint density at radius 2 is 1.10 bits per heavy atom. The third kappa shape index (κ3) is 6.90. The largest absolute Gasteiger partial charge is 0.480 e. The van der Waals surface area contributed by atoms with E-state index in [-0.39, 0.29) is 0 Å². The zero-order valence-corrected chi connectivity index (χ0v) is 11.3. The molecule has 0 atom stereocenters. The van der Waals surface area contributed by atoms with Crippen LogP contribution < -0.4 is 0 Å². The average molecular weight is 354 g/mol. The second kappa shape index (κ2) is 6.57. The maximum atomic E-state index is 11.4. The van der Waals surface area contributed by atoms with Gasteiger partial charge in [0.2, 0.25) is 0 Å². The monoisotopic (exact) mass is 354 g/mol. The van der Waals surface area contributed by atoms with Crippen molar-refractivity contribution in [3.8, 4) is 0 Å². The van der Waals surface area contributed by atoms with Crippen molar-refractivity contribution in [3.05, 3.63) is 4.13 Å². The van der Waals surface area contributed by atoms with Crippen LogP contribution in [0.2, 0.25) is 0 Å². The Labute approximate surface area is 109 Å². The summed E-state index contributed by atoms with van der Waals surface area (Å²) < 4.78 is 111. The molecule has 1 N–H and O–H groups in total. The molecule has 0 aliphatic rings. The van der Waals surface area contributed by atoms with Gasteiger partial charge in [0.15, 0.2) is 20.0 Å². The first-order valence-corrected chi connectivity index (χ1v) is 6.86. The predicted octanol–water partition coefficient (Wildman–Crippen LogP) is 0.904. The molecule has 0 bridgehead atoms. The summed E-state index contributed by atoms with van der Waals surface area (Å²) in [5, 5.41) is 7.94. The lowest BCUT2D eigenvalue weighted by Gasteiger charge is -2.22. The molecule has 0 unspecified atom stereocenters. The molecule has 0 heterocycles. The Balaban J connectivity index is 0. The lowest BCUT2D eigenvalue weighted by Crippen LogP contribution is -2.30. The molecular formula is C5H8F6N2O5S2. The van der Waals surface area contributed by atoms with Crippen molar-refractivity contribution in [2.45, 2.75) is 11.0 Å². The number of hydrogen-bond donors (Lipinski definition) is 1. The van der Waals surface area contributed by atoms with Gasteiger partial charge in [0.25, 0.3) is 0 Å². The Morgan fingerprint density at radius 1 is 0.900 bits per heavy atom. The van der Waals surface area contributed by atoms with Crippen LogP contribution in [0.1, 0.15) is 0 Å². The lowest BCUT2D eigenvalue weighted by molar-refractivity contribution is -0.467. The maximum absolute atomic E-state index is 11.4. The maximum Gasteiger partial charge on any atom is 0.480 e. The molecule has 0 saturated carbocycles. The molecule has 0 fully saturated rings. The van der Waals surface area contributed by atoms with Gasteiger partial charge in [0.05, 0.1) is 0 Å². The second-order valence-corrected chi connectivity index (χ2v) is 6.42. The summed E-state index contributed by atoms with van der Waals surface area (Å²) in [4.78, 5) is 0. The molecule has 0 aliphatic carbocycles. The minimum Gasteiger partial charge on any atom is -0.466 e. The summed E-state index contributed by atoms with van der Waals surface area (Å²) in [6.45, 7) is 0. The lowest BCUT2D eigenvalue weighted by atomic mass is 11.1. The number of nitrogens with zero attached hydrogens (tertiary/aromatic N) is 2. The van der Waals surface area contributed by atoms with Crippen molar-refractivity contribution in [2.75, 3.05) is 14.1 Å². The average Bonchev–Trinajstić information content (AvgIpc) is 2.13.